The van der Waals surface area contributed by atoms with Crippen LogP contribution in [-0.2, 0) is 9.59 Å². The molecule has 12 heavy (non-hydrogen) atoms. The maximum atomic E-state index is 11.5. The Labute approximate surface area is 66.2 Å². The molecule has 0 bridgehead atoms. The summed E-state index contributed by atoms with van der Waals surface area (Å²) in [4.78, 5) is 20.5. The van der Waals surface area contributed by atoms with Gasteiger partial charge in [-0.1, -0.05) is 6.58 Å². The molecule has 6 heteroatoms. The van der Waals surface area contributed by atoms with Crippen molar-refractivity contribution in [2.45, 2.75) is 13.1 Å². The van der Waals surface area contributed by atoms with Crippen LogP contribution in [0.1, 0.15) is 6.92 Å². The van der Waals surface area contributed by atoms with Crippen LogP contribution in [0.5, 0.6) is 0 Å². The molecule has 0 aromatic rings. The molecule has 0 saturated heterocycles. The fourth-order valence-corrected chi connectivity index (χ4v) is 0.281. The van der Waals surface area contributed by atoms with Crippen molar-refractivity contribution < 1.29 is 22.8 Å². The lowest BCUT2D eigenvalue weighted by molar-refractivity contribution is -0.174. The highest BCUT2D eigenvalue weighted by Crippen LogP contribution is 2.14. The van der Waals surface area contributed by atoms with E-state index in [2.05, 4.69) is 6.58 Å². The summed E-state index contributed by atoms with van der Waals surface area (Å²) in [5, 5.41) is 1.12. The van der Waals surface area contributed by atoms with Crippen molar-refractivity contribution >= 4 is 11.8 Å². The first-order chi connectivity index (χ1) is 5.25. The van der Waals surface area contributed by atoms with Gasteiger partial charge in [-0.15, -0.1) is 0 Å². The largest absolute Gasteiger partial charge is 0.471 e. The lowest BCUT2D eigenvalue weighted by Gasteiger charge is -2.05. The van der Waals surface area contributed by atoms with Gasteiger partial charge in [-0.05, 0) is 6.92 Å². The molecule has 0 atom stereocenters. The monoisotopic (exact) mass is 181 g/mol. The number of carbonyl (C=O) groups excluding carboxylic acids is 2. The Balaban J connectivity index is 4.21. The number of hydrogen-bond donors (Lipinski definition) is 1. The van der Waals surface area contributed by atoms with Crippen molar-refractivity contribution in [2.75, 3.05) is 0 Å². The van der Waals surface area contributed by atoms with Gasteiger partial charge in [-0.2, -0.15) is 13.2 Å². The predicted octanol–water partition coefficient (Wildman–Crippen LogP) is 0.768. The predicted molar refractivity (Wildman–Crippen MR) is 34.0 cm³/mol. The molecule has 0 heterocycles. The van der Waals surface area contributed by atoms with Crippen molar-refractivity contribution in [3.05, 3.63) is 12.2 Å². The van der Waals surface area contributed by atoms with Crippen molar-refractivity contribution in [3.8, 4) is 0 Å². The van der Waals surface area contributed by atoms with E-state index in [-0.39, 0.29) is 5.57 Å². The SMILES string of the molecule is C=C(C)C(=O)NC(=O)C(F)(F)F. The van der Waals surface area contributed by atoms with E-state index in [1.54, 1.807) is 0 Å². The van der Waals surface area contributed by atoms with Crippen molar-refractivity contribution in [3.63, 3.8) is 0 Å². The molecule has 0 saturated carbocycles. The number of nitrogens with one attached hydrogen (secondary N) is 1. The van der Waals surface area contributed by atoms with Crippen LogP contribution in [0.2, 0.25) is 0 Å². The summed E-state index contributed by atoms with van der Waals surface area (Å²) in [6.07, 6.45) is -5.04. The molecule has 68 valence electrons. The molecule has 2 amide bonds. The topological polar surface area (TPSA) is 46.2 Å². The molecule has 3 nitrogen and oxygen atoms in total. The van der Waals surface area contributed by atoms with Gasteiger partial charge in [0, 0.05) is 5.57 Å². The van der Waals surface area contributed by atoms with Crippen LogP contribution in [0.25, 0.3) is 0 Å². The van der Waals surface area contributed by atoms with Gasteiger partial charge in [0.25, 0.3) is 5.91 Å². The summed E-state index contributed by atoms with van der Waals surface area (Å²) in [5.74, 6) is -3.41. The first kappa shape index (κ1) is 10.7. The maximum absolute atomic E-state index is 11.5. The normalized spacial score (nSPS) is 10.7. The summed E-state index contributed by atoms with van der Waals surface area (Å²) < 4.78 is 34.4. The molecular weight excluding hydrogens is 175 g/mol. The summed E-state index contributed by atoms with van der Waals surface area (Å²) in [6, 6.07) is 0. The standard InChI is InChI=1S/C6H6F3NO2/c1-3(2)4(11)10-5(12)6(7,8)9/h1H2,2H3,(H,10,11,12). The lowest BCUT2D eigenvalue weighted by Crippen LogP contribution is -2.40. The summed E-state index contributed by atoms with van der Waals surface area (Å²) in [5.41, 5.74) is -0.160. The summed E-state index contributed by atoms with van der Waals surface area (Å²) >= 11 is 0. The Bertz CT molecular complexity index is 231. The molecule has 0 rings (SSSR count). The van der Waals surface area contributed by atoms with Crippen molar-refractivity contribution in [2.24, 2.45) is 0 Å². The number of halogens is 3. The summed E-state index contributed by atoms with van der Waals surface area (Å²) in [7, 11) is 0. The minimum Gasteiger partial charge on any atom is -0.285 e. The first-order valence-corrected chi connectivity index (χ1v) is 2.83. The fourth-order valence-electron chi connectivity index (χ4n) is 0.281. The van der Waals surface area contributed by atoms with Gasteiger partial charge in [0.05, 0.1) is 0 Å². The fraction of sp³-hybridized carbons (Fsp3) is 0.333. The number of carbonyl (C=O) groups is 2. The van der Waals surface area contributed by atoms with Gasteiger partial charge < -0.3 is 0 Å². The highest BCUT2D eigenvalue weighted by molar-refractivity contribution is 6.05. The Hall–Kier alpha value is -1.33. The highest BCUT2D eigenvalue weighted by Gasteiger charge is 2.39. The van der Waals surface area contributed by atoms with Gasteiger partial charge in [0.1, 0.15) is 0 Å². The zero-order valence-corrected chi connectivity index (χ0v) is 6.16. The Morgan fingerprint density at radius 1 is 1.33 bits per heavy atom. The third-order valence-electron chi connectivity index (χ3n) is 0.872. The van der Waals surface area contributed by atoms with E-state index in [1.165, 1.54) is 6.92 Å². The lowest BCUT2D eigenvalue weighted by atomic mass is 10.3. The molecule has 0 aliphatic carbocycles. The van der Waals surface area contributed by atoms with Crippen LogP contribution in [0.15, 0.2) is 12.2 Å². The first-order valence-electron chi connectivity index (χ1n) is 2.83. The second-order valence-corrected chi connectivity index (χ2v) is 2.06. The van der Waals surface area contributed by atoms with Crippen LogP contribution in [0, 0.1) is 0 Å². The number of amides is 2. The van der Waals surface area contributed by atoms with Crippen LogP contribution in [0.3, 0.4) is 0 Å². The number of alkyl halides is 3. The van der Waals surface area contributed by atoms with E-state index in [0.29, 0.717) is 0 Å². The number of hydrogen-bond acceptors (Lipinski definition) is 2. The minimum atomic E-state index is -5.04. The van der Waals surface area contributed by atoms with Crippen LogP contribution < -0.4 is 5.32 Å². The van der Waals surface area contributed by atoms with Crippen molar-refractivity contribution in [1.82, 2.24) is 5.32 Å². The Morgan fingerprint density at radius 3 is 2.00 bits per heavy atom. The van der Waals surface area contributed by atoms with Crippen LogP contribution in [-0.4, -0.2) is 18.0 Å². The quantitative estimate of drug-likeness (QED) is 0.607. The third kappa shape index (κ3) is 3.18. The van der Waals surface area contributed by atoms with Gasteiger partial charge >= 0.3 is 12.1 Å². The van der Waals surface area contributed by atoms with E-state index in [4.69, 9.17) is 0 Å². The molecule has 1 N–H and O–H groups in total. The number of imide groups is 1. The number of rotatable bonds is 1. The molecule has 0 aromatic heterocycles. The minimum absolute atomic E-state index is 0.160. The molecule has 0 radical (unpaired) electrons. The molecule has 0 spiro atoms. The highest BCUT2D eigenvalue weighted by atomic mass is 19.4. The molecular formula is C6H6F3NO2. The Kier molecular flexibility index (Phi) is 3.00. The third-order valence-corrected chi connectivity index (χ3v) is 0.872. The van der Waals surface area contributed by atoms with Gasteiger partial charge in [0.15, 0.2) is 0 Å². The second-order valence-electron chi connectivity index (χ2n) is 2.06. The van der Waals surface area contributed by atoms with Crippen LogP contribution in [0.4, 0.5) is 13.2 Å². The summed E-state index contributed by atoms with van der Waals surface area (Å²) in [6.45, 7) is 4.25. The van der Waals surface area contributed by atoms with Gasteiger partial charge in [0.2, 0.25) is 0 Å². The zero-order chi connectivity index (χ0) is 9.94. The van der Waals surface area contributed by atoms with Gasteiger partial charge in [-0.3, -0.25) is 14.9 Å². The van der Waals surface area contributed by atoms with Crippen molar-refractivity contribution in [1.29, 1.82) is 0 Å². The van der Waals surface area contributed by atoms with E-state index >= 15 is 0 Å². The van der Waals surface area contributed by atoms with E-state index in [1.807, 2.05) is 0 Å². The average Bonchev–Trinajstić information content (AvgIpc) is 1.85. The molecule has 0 aromatic carbocycles. The Morgan fingerprint density at radius 2 is 1.75 bits per heavy atom. The zero-order valence-electron chi connectivity index (χ0n) is 6.16. The van der Waals surface area contributed by atoms with Crippen LogP contribution >= 0.6 is 0 Å². The molecule has 0 aliphatic heterocycles. The average molecular weight is 181 g/mol. The molecule has 0 unspecified atom stereocenters. The van der Waals surface area contributed by atoms with Gasteiger partial charge in [-0.25, -0.2) is 0 Å². The maximum Gasteiger partial charge on any atom is 0.471 e. The second kappa shape index (κ2) is 3.38. The smallest absolute Gasteiger partial charge is 0.285 e. The van der Waals surface area contributed by atoms with E-state index in [9.17, 15) is 22.8 Å². The molecule has 0 aliphatic rings. The molecule has 0 fully saturated rings. The van der Waals surface area contributed by atoms with E-state index in [0.717, 1.165) is 5.32 Å². The van der Waals surface area contributed by atoms with E-state index < -0.39 is 18.0 Å².